The van der Waals surface area contributed by atoms with E-state index in [9.17, 15) is 9.59 Å². The number of rotatable bonds is 12. The van der Waals surface area contributed by atoms with Gasteiger partial charge in [0, 0.05) is 5.41 Å². The molecular formula is C19H36O4. The van der Waals surface area contributed by atoms with E-state index in [1.54, 1.807) is 0 Å². The van der Waals surface area contributed by atoms with E-state index in [0.29, 0.717) is 0 Å². The lowest BCUT2D eigenvalue weighted by Crippen LogP contribution is -2.31. The predicted octanol–water partition coefficient (Wildman–Crippen LogP) is 4.75. The van der Waals surface area contributed by atoms with Crippen molar-refractivity contribution in [3.63, 3.8) is 0 Å². The van der Waals surface area contributed by atoms with Crippen LogP contribution in [0.25, 0.3) is 0 Å². The molecule has 2 atom stereocenters. The molecule has 0 amide bonds. The lowest BCUT2D eigenvalue weighted by atomic mass is 9.95. The topological polar surface area (TPSA) is 52.6 Å². The van der Waals surface area contributed by atoms with Crippen molar-refractivity contribution in [2.45, 2.75) is 80.1 Å². The van der Waals surface area contributed by atoms with Crippen LogP contribution in [0.5, 0.6) is 0 Å². The molecule has 0 aliphatic rings. The first kappa shape index (κ1) is 21.9. The summed E-state index contributed by atoms with van der Waals surface area (Å²) < 4.78 is 10.9. The van der Waals surface area contributed by atoms with Crippen molar-refractivity contribution in [3.8, 4) is 0 Å². The standard InChI is InChI=1S/C19H36O4/c1-7-11-15(9-3)17(20)22-13-19(5,6)14-23-18(21)16(10-4)12-8-2/h15-16H,7-14H2,1-6H3. The van der Waals surface area contributed by atoms with Gasteiger partial charge >= 0.3 is 11.9 Å². The van der Waals surface area contributed by atoms with E-state index in [-0.39, 0.29) is 42.4 Å². The molecule has 0 spiro atoms. The van der Waals surface area contributed by atoms with Crippen LogP contribution >= 0.6 is 0 Å². The zero-order chi connectivity index (χ0) is 17.9. The Balaban J connectivity index is 4.32. The third kappa shape index (κ3) is 8.97. The maximum atomic E-state index is 12.1. The molecule has 0 aliphatic carbocycles. The Morgan fingerprint density at radius 3 is 1.39 bits per heavy atom. The summed E-state index contributed by atoms with van der Waals surface area (Å²) in [6.45, 7) is 12.6. The molecule has 0 aromatic heterocycles. The van der Waals surface area contributed by atoms with Crippen LogP contribution in [-0.2, 0) is 19.1 Å². The van der Waals surface area contributed by atoms with Crippen LogP contribution in [0.2, 0.25) is 0 Å². The third-order valence-corrected chi connectivity index (χ3v) is 4.14. The summed E-state index contributed by atoms with van der Waals surface area (Å²) >= 11 is 0. The Bertz CT molecular complexity index is 317. The van der Waals surface area contributed by atoms with Gasteiger partial charge in [-0.15, -0.1) is 0 Å². The molecule has 0 fully saturated rings. The monoisotopic (exact) mass is 328 g/mol. The molecule has 2 unspecified atom stereocenters. The zero-order valence-corrected chi connectivity index (χ0v) is 15.9. The van der Waals surface area contributed by atoms with Gasteiger partial charge in [-0.05, 0) is 25.7 Å². The highest BCUT2D eigenvalue weighted by Gasteiger charge is 2.26. The molecule has 4 nitrogen and oxygen atoms in total. The molecule has 0 rings (SSSR count). The van der Waals surface area contributed by atoms with E-state index < -0.39 is 0 Å². The molecule has 136 valence electrons. The van der Waals surface area contributed by atoms with Crippen molar-refractivity contribution in [1.29, 1.82) is 0 Å². The second-order valence-corrected chi connectivity index (χ2v) is 7.17. The first-order valence-electron chi connectivity index (χ1n) is 9.14. The van der Waals surface area contributed by atoms with Gasteiger partial charge in [-0.2, -0.15) is 0 Å². The summed E-state index contributed by atoms with van der Waals surface area (Å²) in [6.07, 6.45) is 5.28. The van der Waals surface area contributed by atoms with E-state index >= 15 is 0 Å². The van der Waals surface area contributed by atoms with Crippen molar-refractivity contribution in [2.24, 2.45) is 17.3 Å². The summed E-state index contributed by atoms with van der Waals surface area (Å²) in [5.74, 6) is -0.308. The lowest BCUT2D eigenvalue weighted by Gasteiger charge is -2.26. The Morgan fingerprint density at radius 1 is 0.783 bits per heavy atom. The molecule has 0 aromatic carbocycles. The van der Waals surface area contributed by atoms with Crippen molar-refractivity contribution < 1.29 is 19.1 Å². The summed E-state index contributed by atoms with van der Waals surface area (Å²) in [7, 11) is 0. The smallest absolute Gasteiger partial charge is 0.308 e. The molecule has 23 heavy (non-hydrogen) atoms. The molecule has 0 heterocycles. The summed E-state index contributed by atoms with van der Waals surface area (Å²) in [5, 5.41) is 0. The third-order valence-electron chi connectivity index (χ3n) is 4.14. The van der Waals surface area contributed by atoms with Gasteiger partial charge < -0.3 is 9.47 Å². The van der Waals surface area contributed by atoms with Gasteiger partial charge in [0.1, 0.15) is 0 Å². The number of carbonyl (C=O) groups excluding carboxylic acids is 2. The Hall–Kier alpha value is -1.06. The summed E-state index contributed by atoms with van der Waals surface area (Å²) in [6, 6.07) is 0. The summed E-state index contributed by atoms with van der Waals surface area (Å²) in [5.41, 5.74) is -0.361. The van der Waals surface area contributed by atoms with Crippen molar-refractivity contribution in [3.05, 3.63) is 0 Å². The largest absolute Gasteiger partial charge is 0.465 e. The minimum atomic E-state index is -0.361. The normalized spacial score (nSPS) is 14.2. The average Bonchev–Trinajstić information content (AvgIpc) is 2.53. The number of ether oxygens (including phenoxy) is 2. The van der Waals surface area contributed by atoms with E-state index in [2.05, 4.69) is 13.8 Å². The minimum Gasteiger partial charge on any atom is -0.465 e. The maximum Gasteiger partial charge on any atom is 0.308 e. The van der Waals surface area contributed by atoms with Crippen LogP contribution in [0.1, 0.15) is 80.1 Å². The van der Waals surface area contributed by atoms with E-state index in [1.807, 2.05) is 27.7 Å². The molecular weight excluding hydrogens is 292 g/mol. The molecule has 0 saturated heterocycles. The second kappa shape index (κ2) is 11.5. The number of hydrogen-bond donors (Lipinski definition) is 0. The average molecular weight is 328 g/mol. The minimum absolute atomic E-state index is 0.0209. The van der Waals surface area contributed by atoms with Gasteiger partial charge in [-0.3, -0.25) is 9.59 Å². The number of hydrogen-bond acceptors (Lipinski definition) is 4. The molecule has 0 bridgehead atoms. The highest BCUT2D eigenvalue weighted by atomic mass is 16.5. The van der Waals surface area contributed by atoms with Crippen molar-refractivity contribution in [2.75, 3.05) is 13.2 Å². The van der Waals surface area contributed by atoms with Crippen LogP contribution in [0.15, 0.2) is 0 Å². The van der Waals surface area contributed by atoms with Crippen LogP contribution in [-0.4, -0.2) is 25.2 Å². The maximum absolute atomic E-state index is 12.1. The Kier molecular flexibility index (Phi) is 10.9. The van der Waals surface area contributed by atoms with Crippen molar-refractivity contribution in [1.82, 2.24) is 0 Å². The molecule has 0 N–H and O–H groups in total. The highest BCUT2D eigenvalue weighted by molar-refractivity contribution is 5.72. The van der Waals surface area contributed by atoms with Gasteiger partial charge in [-0.25, -0.2) is 0 Å². The second-order valence-electron chi connectivity index (χ2n) is 7.17. The van der Waals surface area contributed by atoms with Crippen molar-refractivity contribution >= 4 is 11.9 Å². The summed E-state index contributed by atoms with van der Waals surface area (Å²) in [4.78, 5) is 24.1. The van der Waals surface area contributed by atoms with Crippen LogP contribution in [0.4, 0.5) is 0 Å². The van der Waals surface area contributed by atoms with Gasteiger partial charge in [0.25, 0.3) is 0 Å². The van der Waals surface area contributed by atoms with Gasteiger partial charge in [0.2, 0.25) is 0 Å². The Labute approximate surface area is 142 Å². The molecule has 0 aromatic rings. The van der Waals surface area contributed by atoms with Crippen LogP contribution in [0, 0.1) is 17.3 Å². The van der Waals surface area contributed by atoms with E-state index in [1.165, 1.54) is 0 Å². The Morgan fingerprint density at radius 2 is 1.13 bits per heavy atom. The molecule has 0 radical (unpaired) electrons. The SMILES string of the molecule is CCCC(CC)C(=O)OCC(C)(C)COC(=O)C(CC)CCC. The first-order chi connectivity index (χ1) is 10.8. The highest BCUT2D eigenvalue weighted by Crippen LogP contribution is 2.21. The predicted molar refractivity (Wildman–Crippen MR) is 93.1 cm³/mol. The fourth-order valence-corrected chi connectivity index (χ4v) is 2.48. The number of carbonyl (C=O) groups is 2. The molecule has 0 aliphatic heterocycles. The zero-order valence-electron chi connectivity index (χ0n) is 15.9. The molecule has 0 saturated carbocycles. The fraction of sp³-hybridized carbons (Fsp3) is 0.895. The number of esters is 2. The van der Waals surface area contributed by atoms with Crippen LogP contribution in [0.3, 0.4) is 0 Å². The van der Waals surface area contributed by atoms with Gasteiger partial charge in [0.15, 0.2) is 0 Å². The lowest BCUT2D eigenvalue weighted by molar-refractivity contribution is -0.158. The van der Waals surface area contributed by atoms with E-state index in [0.717, 1.165) is 38.5 Å². The van der Waals surface area contributed by atoms with Crippen LogP contribution < -0.4 is 0 Å². The quantitative estimate of drug-likeness (QED) is 0.485. The first-order valence-corrected chi connectivity index (χ1v) is 9.14. The molecule has 4 heteroatoms. The van der Waals surface area contributed by atoms with Gasteiger partial charge in [-0.1, -0.05) is 54.4 Å². The fourth-order valence-electron chi connectivity index (χ4n) is 2.48. The van der Waals surface area contributed by atoms with Gasteiger partial charge in [0.05, 0.1) is 25.0 Å². The van der Waals surface area contributed by atoms with E-state index in [4.69, 9.17) is 9.47 Å².